The molecule has 0 fully saturated rings. The van der Waals surface area contributed by atoms with Gasteiger partial charge in [-0.3, -0.25) is 4.68 Å². The fourth-order valence-corrected chi connectivity index (χ4v) is 2.75. The Morgan fingerprint density at radius 2 is 2.22 bits per heavy atom. The second kappa shape index (κ2) is 6.16. The first kappa shape index (κ1) is 13.3. The third-order valence-corrected chi connectivity index (χ3v) is 3.90. The van der Waals surface area contributed by atoms with Crippen LogP contribution in [0.1, 0.15) is 35.9 Å². The van der Waals surface area contributed by atoms with Crippen LogP contribution in [0.4, 0.5) is 0 Å². The van der Waals surface area contributed by atoms with E-state index in [0.29, 0.717) is 0 Å². The van der Waals surface area contributed by atoms with Gasteiger partial charge in [-0.1, -0.05) is 6.92 Å². The number of hydrogen-bond acceptors (Lipinski definition) is 3. The van der Waals surface area contributed by atoms with Crippen molar-refractivity contribution in [1.29, 1.82) is 0 Å². The predicted molar refractivity (Wildman–Crippen MR) is 77.1 cm³/mol. The number of rotatable bonds is 6. The normalized spacial score (nSPS) is 11.1. The fraction of sp³-hybridized carbons (Fsp3) is 0.500. The van der Waals surface area contributed by atoms with Crippen molar-refractivity contribution in [3.63, 3.8) is 0 Å². The van der Waals surface area contributed by atoms with Crippen LogP contribution >= 0.6 is 11.3 Å². The standard InChI is InChI=1S/C14H21N3S/c1-4-6-15-8-14-11(2)16-17(12(14)3)9-13-5-7-18-10-13/h5,7,10,15H,4,6,8-9H2,1-3H3. The summed E-state index contributed by atoms with van der Waals surface area (Å²) in [5.74, 6) is 0. The van der Waals surface area contributed by atoms with E-state index >= 15 is 0 Å². The molecule has 0 aliphatic carbocycles. The van der Waals surface area contributed by atoms with E-state index in [1.807, 2.05) is 0 Å². The van der Waals surface area contributed by atoms with E-state index in [1.54, 1.807) is 11.3 Å². The summed E-state index contributed by atoms with van der Waals surface area (Å²) in [5, 5.41) is 12.4. The third-order valence-electron chi connectivity index (χ3n) is 3.17. The first-order valence-corrected chi connectivity index (χ1v) is 7.41. The summed E-state index contributed by atoms with van der Waals surface area (Å²) in [7, 11) is 0. The Labute approximate surface area is 113 Å². The minimum Gasteiger partial charge on any atom is -0.313 e. The molecule has 2 aromatic rings. The molecule has 4 heteroatoms. The van der Waals surface area contributed by atoms with Crippen molar-refractivity contribution in [2.75, 3.05) is 6.54 Å². The second-order valence-corrected chi connectivity index (χ2v) is 5.40. The average Bonchev–Trinajstić information content (AvgIpc) is 2.93. The van der Waals surface area contributed by atoms with Gasteiger partial charge in [0.05, 0.1) is 12.2 Å². The van der Waals surface area contributed by atoms with E-state index in [4.69, 9.17) is 0 Å². The molecule has 0 unspecified atom stereocenters. The maximum atomic E-state index is 4.65. The van der Waals surface area contributed by atoms with Gasteiger partial charge in [-0.25, -0.2) is 0 Å². The van der Waals surface area contributed by atoms with Crippen LogP contribution in [0.3, 0.4) is 0 Å². The van der Waals surface area contributed by atoms with E-state index < -0.39 is 0 Å². The quantitative estimate of drug-likeness (QED) is 0.812. The molecule has 2 heterocycles. The Bertz CT molecular complexity index is 485. The summed E-state index contributed by atoms with van der Waals surface area (Å²) in [5.41, 5.74) is 5.10. The van der Waals surface area contributed by atoms with Gasteiger partial charge in [0, 0.05) is 17.8 Å². The molecule has 2 rings (SSSR count). The smallest absolute Gasteiger partial charge is 0.0670 e. The lowest BCUT2D eigenvalue weighted by Crippen LogP contribution is -2.15. The Balaban J connectivity index is 2.10. The lowest BCUT2D eigenvalue weighted by atomic mass is 10.2. The molecular formula is C14H21N3S. The van der Waals surface area contributed by atoms with E-state index in [0.717, 1.165) is 25.3 Å². The van der Waals surface area contributed by atoms with Crippen LogP contribution in [-0.4, -0.2) is 16.3 Å². The summed E-state index contributed by atoms with van der Waals surface area (Å²) in [6, 6.07) is 2.16. The van der Waals surface area contributed by atoms with Gasteiger partial charge in [0.15, 0.2) is 0 Å². The Morgan fingerprint density at radius 1 is 1.39 bits per heavy atom. The predicted octanol–water partition coefficient (Wildman–Crippen LogP) is 3.11. The molecule has 0 atom stereocenters. The zero-order chi connectivity index (χ0) is 13.0. The van der Waals surface area contributed by atoms with Gasteiger partial charge >= 0.3 is 0 Å². The molecule has 1 N–H and O–H groups in total. The number of nitrogens with one attached hydrogen (secondary N) is 1. The minimum atomic E-state index is 0.879. The highest BCUT2D eigenvalue weighted by Crippen LogP contribution is 2.15. The molecule has 0 bridgehead atoms. The Kier molecular flexibility index (Phi) is 4.55. The van der Waals surface area contributed by atoms with Crippen molar-refractivity contribution < 1.29 is 0 Å². The van der Waals surface area contributed by atoms with Crippen LogP contribution in [0.5, 0.6) is 0 Å². The molecule has 3 nitrogen and oxygen atoms in total. The zero-order valence-corrected chi connectivity index (χ0v) is 12.2. The van der Waals surface area contributed by atoms with Gasteiger partial charge in [0.1, 0.15) is 0 Å². The maximum Gasteiger partial charge on any atom is 0.0670 e. The number of aryl methyl sites for hydroxylation is 1. The topological polar surface area (TPSA) is 29.9 Å². The monoisotopic (exact) mass is 263 g/mol. The summed E-state index contributed by atoms with van der Waals surface area (Å²) >= 11 is 1.74. The summed E-state index contributed by atoms with van der Waals surface area (Å²) in [6.45, 7) is 9.32. The van der Waals surface area contributed by atoms with Gasteiger partial charge in [-0.15, -0.1) is 0 Å². The molecular weight excluding hydrogens is 242 g/mol. The maximum absolute atomic E-state index is 4.65. The van der Waals surface area contributed by atoms with Crippen molar-refractivity contribution >= 4 is 11.3 Å². The van der Waals surface area contributed by atoms with Crippen LogP contribution in [0.15, 0.2) is 16.8 Å². The van der Waals surface area contributed by atoms with E-state index in [-0.39, 0.29) is 0 Å². The molecule has 0 amide bonds. The lowest BCUT2D eigenvalue weighted by Gasteiger charge is -2.05. The number of thiophene rings is 1. The van der Waals surface area contributed by atoms with Crippen molar-refractivity contribution in [3.8, 4) is 0 Å². The van der Waals surface area contributed by atoms with Gasteiger partial charge in [0.25, 0.3) is 0 Å². The number of nitrogens with zero attached hydrogens (tertiary/aromatic N) is 2. The molecule has 18 heavy (non-hydrogen) atoms. The lowest BCUT2D eigenvalue weighted by molar-refractivity contribution is 0.651. The first-order valence-electron chi connectivity index (χ1n) is 6.47. The van der Waals surface area contributed by atoms with Gasteiger partial charge in [-0.2, -0.15) is 16.4 Å². The van der Waals surface area contributed by atoms with Crippen LogP contribution < -0.4 is 5.32 Å². The SMILES string of the molecule is CCCNCc1c(C)nn(Cc2ccsc2)c1C. The van der Waals surface area contributed by atoms with E-state index in [9.17, 15) is 0 Å². The fourth-order valence-electron chi connectivity index (χ4n) is 2.09. The summed E-state index contributed by atoms with van der Waals surface area (Å²) in [6.07, 6.45) is 1.17. The zero-order valence-electron chi connectivity index (χ0n) is 11.4. The molecule has 0 aliphatic rings. The van der Waals surface area contributed by atoms with Crippen LogP contribution in [0.25, 0.3) is 0 Å². The molecule has 98 valence electrons. The largest absolute Gasteiger partial charge is 0.313 e. The van der Waals surface area contributed by atoms with E-state index in [1.165, 1.54) is 23.2 Å². The van der Waals surface area contributed by atoms with Gasteiger partial charge in [0.2, 0.25) is 0 Å². The number of aromatic nitrogens is 2. The Hall–Kier alpha value is -1.13. The summed E-state index contributed by atoms with van der Waals surface area (Å²) in [4.78, 5) is 0. The highest BCUT2D eigenvalue weighted by atomic mass is 32.1. The van der Waals surface area contributed by atoms with Crippen molar-refractivity contribution in [1.82, 2.24) is 15.1 Å². The highest BCUT2D eigenvalue weighted by Gasteiger charge is 2.11. The molecule has 0 aliphatic heterocycles. The van der Waals surface area contributed by atoms with Crippen LogP contribution in [-0.2, 0) is 13.1 Å². The molecule has 2 aromatic heterocycles. The minimum absolute atomic E-state index is 0.879. The van der Waals surface area contributed by atoms with Crippen LogP contribution in [0.2, 0.25) is 0 Å². The molecule has 0 radical (unpaired) electrons. The number of hydrogen-bond donors (Lipinski definition) is 1. The molecule has 0 saturated heterocycles. The first-order chi connectivity index (χ1) is 8.72. The van der Waals surface area contributed by atoms with Gasteiger partial charge in [-0.05, 0) is 49.2 Å². The van der Waals surface area contributed by atoms with E-state index in [2.05, 4.69) is 52.7 Å². The van der Waals surface area contributed by atoms with Crippen LogP contribution in [0, 0.1) is 13.8 Å². The molecule has 0 saturated carbocycles. The van der Waals surface area contributed by atoms with Gasteiger partial charge < -0.3 is 5.32 Å². The Morgan fingerprint density at radius 3 is 2.89 bits per heavy atom. The highest BCUT2D eigenvalue weighted by molar-refractivity contribution is 7.07. The third kappa shape index (κ3) is 3.00. The molecule has 0 spiro atoms. The second-order valence-electron chi connectivity index (χ2n) is 4.62. The van der Waals surface area contributed by atoms with Crippen molar-refractivity contribution in [3.05, 3.63) is 39.3 Å². The average molecular weight is 263 g/mol. The molecule has 0 aromatic carbocycles. The summed E-state index contributed by atoms with van der Waals surface area (Å²) < 4.78 is 2.11. The van der Waals surface area contributed by atoms with Crippen molar-refractivity contribution in [2.24, 2.45) is 0 Å². The van der Waals surface area contributed by atoms with Crippen molar-refractivity contribution in [2.45, 2.75) is 40.3 Å².